The van der Waals surface area contributed by atoms with E-state index in [1.165, 1.54) is 12.8 Å². The lowest BCUT2D eigenvalue weighted by Crippen LogP contribution is -2.31. The molecule has 2 unspecified atom stereocenters. The summed E-state index contributed by atoms with van der Waals surface area (Å²) in [5, 5.41) is 8.63. The van der Waals surface area contributed by atoms with Crippen molar-refractivity contribution in [1.82, 2.24) is 19.7 Å². The summed E-state index contributed by atoms with van der Waals surface area (Å²) in [6, 6.07) is 0.365. The minimum atomic E-state index is 0.365. The van der Waals surface area contributed by atoms with Crippen LogP contribution in [0.4, 0.5) is 5.82 Å². The highest BCUT2D eigenvalue weighted by Gasteiger charge is 2.19. The lowest BCUT2D eigenvalue weighted by atomic mass is 9.86. The highest BCUT2D eigenvalue weighted by Crippen LogP contribution is 2.24. The number of nitrogens with one attached hydrogen (secondary N) is 1. The maximum atomic E-state index is 6.02. The average Bonchev–Trinajstić information content (AvgIpc) is 2.79. The predicted octanol–water partition coefficient (Wildman–Crippen LogP) is 1.29. The van der Waals surface area contributed by atoms with Crippen LogP contribution < -0.4 is 11.1 Å². The third kappa shape index (κ3) is 2.53. The van der Waals surface area contributed by atoms with Crippen molar-refractivity contribution in [3.8, 4) is 0 Å². The third-order valence-electron chi connectivity index (χ3n) is 3.91. The predicted molar refractivity (Wildman–Crippen MR) is 74.7 cm³/mol. The van der Waals surface area contributed by atoms with Gasteiger partial charge in [-0.1, -0.05) is 6.42 Å². The van der Waals surface area contributed by atoms with E-state index in [1.54, 1.807) is 11.0 Å². The second-order valence-corrected chi connectivity index (χ2v) is 5.40. The van der Waals surface area contributed by atoms with Crippen molar-refractivity contribution in [2.45, 2.75) is 31.7 Å². The Labute approximate surface area is 112 Å². The minimum Gasteiger partial charge on any atom is -0.369 e. The molecule has 19 heavy (non-hydrogen) atoms. The number of hydrogen-bond donors (Lipinski definition) is 2. The molecule has 6 heteroatoms. The van der Waals surface area contributed by atoms with E-state index in [1.807, 2.05) is 13.2 Å². The van der Waals surface area contributed by atoms with Crippen molar-refractivity contribution in [2.75, 3.05) is 11.9 Å². The molecule has 0 spiro atoms. The molecular formula is C13H20N6. The molecule has 0 aromatic carbocycles. The maximum absolute atomic E-state index is 6.02. The van der Waals surface area contributed by atoms with Crippen molar-refractivity contribution in [3.05, 3.63) is 12.5 Å². The number of aryl methyl sites for hydroxylation is 1. The van der Waals surface area contributed by atoms with E-state index in [-0.39, 0.29) is 0 Å². The number of fused-ring (bicyclic) bond motifs is 1. The van der Waals surface area contributed by atoms with E-state index in [9.17, 15) is 0 Å². The van der Waals surface area contributed by atoms with Crippen molar-refractivity contribution in [1.29, 1.82) is 0 Å². The molecule has 1 saturated carbocycles. The summed E-state index contributed by atoms with van der Waals surface area (Å²) in [4.78, 5) is 8.55. The molecule has 2 aromatic rings. The summed E-state index contributed by atoms with van der Waals surface area (Å²) < 4.78 is 1.76. The molecule has 2 heterocycles. The monoisotopic (exact) mass is 260 g/mol. The lowest BCUT2D eigenvalue weighted by Gasteiger charge is -2.26. The van der Waals surface area contributed by atoms with Gasteiger partial charge < -0.3 is 11.1 Å². The first-order valence-corrected chi connectivity index (χ1v) is 6.86. The van der Waals surface area contributed by atoms with Crippen LogP contribution in [0.5, 0.6) is 0 Å². The average molecular weight is 260 g/mol. The topological polar surface area (TPSA) is 81.7 Å². The van der Waals surface area contributed by atoms with Gasteiger partial charge in [0, 0.05) is 19.6 Å². The number of aromatic nitrogens is 4. The van der Waals surface area contributed by atoms with Crippen LogP contribution in [0, 0.1) is 5.92 Å². The van der Waals surface area contributed by atoms with Gasteiger partial charge in [0.05, 0.1) is 11.6 Å². The smallest absolute Gasteiger partial charge is 0.163 e. The van der Waals surface area contributed by atoms with E-state index < -0.39 is 0 Å². The Morgan fingerprint density at radius 1 is 1.42 bits per heavy atom. The lowest BCUT2D eigenvalue weighted by molar-refractivity contribution is 0.335. The van der Waals surface area contributed by atoms with Crippen LogP contribution in [0.25, 0.3) is 11.0 Å². The molecule has 1 aliphatic carbocycles. The maximum Gasteiger partial charge on any atom is 0.163 e. The molecule has 3 N–H and O–H groups in total. The number of anilines is 1. The molecule has 2 atom stereocenters. The third-order valence-corrected chi connectivity index (χ3v) is 3.91. The summed E-state index contributed by atoms with van der Waals surface area (Å²) >= 11 is 0. The molecule has 1 aliphatic rings. The fourth-order valence-electron chi connectivity index (χ4n) is 2.86. The van der Waals surface area contributed by atoms with Crippen molar-refractivity contribution < 1.29 is 0 Å². The minimum absolute atomic E-state index is 0.365. The molecule has 6 nitrogen and oxygen atoms in total. The molecule has 0 bridgehead atoms. The Kier molecular flexibility index (Phi) is 3.33. The summed E-state index contributed by atoms with van der Waals surface area (Å²) in [5.74, 6) is 1.52. The molecule has 2 aromatic heterocycles. The largest absolute Gasteiger partial charge is 0.369 e. The molecule has 0 aliphatic heterocycles. The molecule has 0 saturated heterocycles. The molecule has 0 amide bonds. The second-order valence-electron chi connectivity index (χ2n) is 5.40. The fraction of sp³-hybridized carbons (Fsp3) is 0.615. The first-order chi connectivity index (χ1) is 9.24. The van der Waals surface area contributed by atoms with Gasteiger partial charge in [0.1, 0.15) is 12.1 Å². The molecular weight excluding hydrogens is 240 g/mol. The van der Waals surface area contributed by atoms with Gasteiger partial charge in [-0.2, -0.15) is 5.10 Å². The Morgan fingerprint density at radius 2 is 2.32 bits per heavy atom. The Bertz CT molecular complexity index is 563. The van der Waals surface area contributed by atoms with Crippen molar-refractivity contribution in [3.63, 3.8) is 0 Å². The summed E-state index contributed by atoms with van der Waals surface area (Å²) in [6.07, 6.45) is 8.15. The summed E-state index contributed by atoms with van der Waals surface area (Å²) in [5.41, 5.74) is 6.88. The Hall–Kier alpha value is -1.69. The Balaban J connectivity index is 1.71. The van der Waals surface area contributed by atoms with Gasteiger partial charge in [-0.05, 0) is 25.2 Å². The van der Waals surface area contributed by atoms with Crippen LogP contribution in [0.15, 0.2) is 12.5 Å². The number of rotatable bonds is 3. The van der Waals surface area contributed by atoms with Gasteiger partial charge >= 0.3 is 0 Å². The van der Waals surface area contributed by atoms with E-state index in [2.05, 4.69) is 20.4 Å². The number of nitrogens with two attached hydrogens (primary N) is 1. The molecule has 102 valence electrons. The normalized spacial score (nSPS) is 23.7. The molecule has 3 rings (SSSR count). The standard InChI is InChI=1S/C13H20N6/c1-19-13-11(7-18-19)12(16-8-17-13)15-6-9-3-2-4-10(14)5-9/h7-10H,2-6,14H2,1H3,(H,15,16,17). The first kappa shape index (κ1) is 12.3. The van der Waals surface area contributed by atoms with Gasteiger partial charge in [0.2, 0.25) is 0 Å². The van der Waals surface area contributed by atoms with E-state index >= 15 is 0 Å². The highest BCUT2D eigenvalue weighted by atomic mass is 15.3. The van der Waals surface area contributed by atoms with Crippen LogP contribution in [-0.4, -0.2) is 32.3 Å². The SMILES string of the molecule is Cn1ncc2c(NCC3CCCC(N)C3)ncnc21. The van der Waals surface area contributed by atoms with Gasteiger partial charge in [-0.3, -0.25) is 4.68 Å². The zero-order chi connectivity index (χ0) is 13.2. The highest BCUT2D eigenvalue weighted by molar-refractivity contribution is 5.85. The van der Waals surface area contributed by atoms with E-state index in [4.69, 9.17) is 5.73 Å². The quantitative estimate of drug-likeness (QED) is 0.869. The summed E-state index contributed by atoms with van der Waals surface area (Å²) in [6.45, 7) is 0.925. The zero-order valence-electron chi connectivity index (χ0n) is 11.2. The van der Waals surface area contributed by atoms with Crippen molar-refractivity contribution >= 4 is 16.9 Å². The van der Waals surface area contributed by atoms with Crippen LogP contribution in [0.2, 0.25) is 0 Å². The van der Waals surface area contributed by atoms with Gasteiger partial charge in [0.15, 0.2) is 5.65 Å². The van der Waals surface area contributed by atoms with Crippen LogP contribution in [0.1, 0.15) is 25.7 Å². The molecule has 0 radical (unpaired) electrons. The van der Waals surface area contributed by atoms with E-state index in [0.29, 0.717) is 12.0 Å². The van der Waals surface area contributed by atoms with Crippen LogP contribution >= 0.6 is 0 Å². The number of hydrogen-bond acceptors (Lipinski definition) is 5. The van der Waals surface area contributed by atoms with Crippen molar-refractivity contribution in [2.24, 2.45) is 18.7 Å². The van der Waals surface area contributed by atoms with E-state index in [0.717, 1.165) is 36.2 Å². The Morgan fingerprint density at radius 3 is 3.16 bits per heavy atom. The fourth-order valence-corrected chi connectivity index (χ4v) is 2.86. The van der Waals surface area contributed by atoms with Gasteiger partial charge in [-0.15, -0.1) is 0 Å². The summed E-state index contributed by atoms with van der Waals surface area (Å²) in [7, 11) is 1.89. The number of nitrogens with zero attached hydrogens (tertiary/aromatic N) is 4. The zero-order valence-corrected chi connectivity index (χ0v) is 11.2. The van der Waals surface area contributed by atoms with Crippen LogP contribution in [-0.2, 0) is 7.05 Å². The van der Waals surface area contributed by atoms with Gasteiger partial charge in [0.25, 0.3) is 0 Å². The van der Waals surface area contributed by atoms with Crippen LogP contribution in [0.3, 0.4) is 0 Å². The van der Waals surface area contributed by atoms with Gasteiger partial charge in [-0.25, -0.2) is 9.97 Å². The second kappa shape index (κ2) is 5.13. The first-order valence-electron chi connectivity index (χ1n) is 6.86. The molecule has 1 fully saturated rings.